The second-order valence-corrected chi connectivity index (χ2v) is 28.6. The highest BCUT2D eigenvalue weighted by Gasteiger charge is 2.27. The van der Waals surface area contributed by atoms with Crippen molar-refractivity contribution in [3.8, 4) is 0 Å². The lowest BCUT2D eigenvalue weighted by molar-refractivity contribution is -0.870. The number of hydrogen-bond donors (Lipinski definition) is 1. The van der Waals surface area contributed by atoms with Gasteiger partial charge in [-0.25, -0.2) is 0 Å². The molecule has 0 aromatic heterocycles. The van der Waals surface area contributed by atoms with Gasteiger partial charge in [-0.3, -0.25) is 14.2 Å². The van der Waals surface area contributed by atoms with Gasteiger partial charge in [0, 0.05) is 12.8 Å². The van der Waals surface area contributed by atoms with Crippen LogP contribution in [0.4, 0.5) is 0 Å². The van der Waals surface area contributed by atoms with Crippen molar-refractivity contribution < 1.29 is 37.3 Å². The number of phosphoric ester groups is 1. The molecule has 0 aromatic rings. The van der Waals surface area contributed by atoms with E-state index >= 15 is 0 Å². The molecule has 0 heterocycles. The summed E-state index contributed by atoms with van der Waals surface area (Å²) < 4.78 is 30.5. The number of ether oxygens (including phenoxy) is 1. The zero-order chi connectivity index (χ0) is 63.5. The number of rotatable bonds is 70. The molecule has 0 fully saturated rings. The van der Waals surface area contributed by atoms with Crippen molar-refractivity contribution in [1.82, 2.24) is 5.32 Å². The second kappa shape index (κ2) is 66.9. The fourth-order valence-electron chi connectivity index (χ4n) is 11.4. The third kappa shape index (κ3) is 68.2. The number of phosphoric acid groups is 1. The number of nitrogens with zero attached hydrogens (tertiary/aromatic N) is 1. The maximum Gasteiger partial charge on any atom is 0.306 e. The minimum Gasteiger partial charge on any atom is -0.756 e. The van der Waals surface area contributed by atoms with E-state index in [4.69, 9.17) is 13.8 Å². The van der Waals surface area contributed by atoms with Gasteiger partial charge < -0.3 is 28.5 Å². The lowest BCUT2D eigenvalue weighted by Crippen LogP contribution is -2.47. The van der Waals surface area contributed by atoms with E-state index in [1.165, 1.54) is 283 Å². The van der Waals surface area contributed by atoms with Gasteiger partial charge in [-0.15, -0.1) is 0 Å². The summed E-state index contributed by atoms with van der Waals surface area (Å²) in [5.41, 5.74) is 0. The molecule has 0 rings (SSSR count). The Kier molecular flexibility index (Phi) is 65.3. The number of carbonyl (C=O) groups is 2. The third-order valence-electron chi connectivity index (χ3n) is 17.2. The van der Waals surface area contributed by atoms with Crippen molar-refractivity contribution in [2.45, 2.75) is 392 Å². The maximum absolute atomic E-state index is 13.6. The standard InChI is InChI=1S/C77H147N2O7P/c1-7-10-13-16-19-22-25-28-30-32-34-36-37-38-39-40-41-43-44-46-48-51-54-57-60-63-66-69-76(80)78-74(73-85-87(82,83)84-72-71-79(4,5)6)75(68-65-62-59-56-53-50-27-24-21-18-15-12-9-3)86-77(81)70-67-64-61-58-55-52-49-47-45-42-35-33-31-29-26-23-20-17-14-11-8-2/h20,23,28-31,65,68,74-75H,7-19,21-22,24-27,32-64,66-67,69-73H2,1-6H3,(H-,78,80,82,83)/b23-20-,30-28+,31-29-,68-65-. The SMILES string of the molecule is CCCCC/C=C\C/C=C\CCCCCCCCCCCCCC(=O)OC(/C=C\CCCCCCCCCCCCC)C(COP(=O)([O-])OCC[N+](C)(C)C)NC(=O)CCCCCCCCCCCCCCCCCCC/C=C/CCCCCCCC. The van der Waals surface area contributed by atoms with Crippen LogP contribution in [-0.4, -0.2) is 69.4 Å². The quantitative estimate of drug-likeness (QED) is 0.0212. The number of quaternary nitrogens is 1. The summed E-state index contributed by atoms with van der Waals surface area (Å²) >= 11 is 0. The summed E-state index contributed by atoms with van der Waals surface area (Å²) in [6, 6.07) is -0.888. The van der Waals surface area contributed by atoms with E-state index in [1.807, 2.05) is 33.3 Å². The molecule has 0 bridgehead atoms. The van der Waals surface area contributed by atoms with E-state index in [0.29, 0.717) is 17.4 Å². The molecule has 0 saturated carbocycles. The molecule has 0 saturated heterocycles. The Balaban J connectivity index is 4.99. The monoisotopic (exact) mass is 1240 g/mol. The molecule has 0 radical (unpaired) electrons. The van der Waals surface area contributed by atoms with E-state index in [9.17, 15) is 19.0 Å². The zero-order valence-corrected chi connectivity index (χ0v) is 59.6. The lowest BCUT2D eigenvalue weighted by Gasteiger charge is -2.30. The van der Waals surface area contributed by atoms with Crippen molar-refractivity contribution >= 4 is 19.7 Å². The van der Waals surface area contributed by atoms with E-state index in [0.717, 1.165) is 64.2 Å². The number of nitrogens with one attached hydrogen (secondary N) is 1. The molecule has 0 aromatic carbocycles. The topological polar surface area (TPSA) is 114 Å². The van der Waals surface area contributed by atoms with Crippen LogP contribution in [0.15, 0.2) is 48.6 Å². The molecular weight excluding hydrogens is 1100 g/mol. The third-order valence-corrected chi connectivity index (χ3v) is 18.2. The van der Waals surface area contributed by atoms with E-state index in [1.54, 1.807) is 0 Å². The van der Waals surface area contributed by atoms with Crippen LogP contribution in [0.1, 0.15) is 380 Å². The first-order valence-corrected chi connectivity index (χ1v) is 39.4. The van der Waals surface area contributed by atoms with Crippen molar-refractivity contribution in [1.29, 1.82) is 0 Å². The van der Waals surface area contributed by atoms with Crippen LogP contribution >= 0.6 is 7.82 Å². The normalized spacial score (nSPS) is 13.7. The molecule has 1 N–H and O–H groups in total. The number of esters is 1. The van der Waals surface area contributed by atoms with Crippen molar-refractivity contribution in [2.24, 2.45) is 0 Å². The van der Waals surface area contributed by atoms with E-state index in [-0.39, 0.29) is 31.5 Å². The van der Waals surface area contributed by atoms with Crippen molar-refractivity contribution in [3.05, 3.63) is 48.6 Å². The van der Waals surface area contributed by atoms with Gasteiger partial charge in [0.15, 0.2) is 0 Å². The highest BCUT2D eigenvalue weighted by Crippen LogP contribution is 2.38. The highest BCUT2D eigenvalue weighted by molar-refractivity contribution is 7.45. The molecule has 1 amide bonds. The van der Waals surface area contributed by atoms with Crippen molar-refractivity contribution in [2.75, 3.05) is 40.9 Å². The van der Waals surface area contributed by atoms with Gasteiger partial charge in [0.1, 0.15) is 19.3 Å². The average molecular weight is 1240 g/mol. The molecule has 10 heteroatoms. The Hall–Kier alpha value is -2.03. The van der Waals surface area contributed by atoms with Gasteiger partial charge in [-0.2, -0.15) is 0 Å². The van der Waals surface area contributed by atoms with Crippen LogP contribution in [0.2, 0.25) is 0 Å². The van der Waals surface area contributed by atoms with Gasteiger partial charge in [-0.1, -0.05) is 327 Å². The molecule has 0 aliphatic heterocycles. The van der Waals surface area contributed by atoms with Crippen LogP contribution in [0.5, 0.6) is 0 Å². The Bertz CT molecular complexity index is 1620. The molecule has 87 heavy (non-hydrogen) atoms. The number of likely N-dealkylation sites (N-methyl/N-ethyl adjacent to an activating group) is 1. The predicted octanol–water partition coefficient (Wildman–Crippen LogP) is 23.7. The van der Waals surface area contributed by atoms with Crippen molar-refractivity contribution in [3.63, 3.8) is 0 Å². The number of allylic oxidation sites excluding steroid dienone is 7. The fraction of sp³-hybridized carbons (Fsp3) is 0.870. The van der Waals surface area contributed by atoms with Crippen LogP contribution in [-0.2, 0) is 27.9 Å². The van der Waals surface area contributed by atoms with Gasteiger partial charge in [-0.05, 0) is 89.5 Å². The van der Waals surface area contributed by atoms with E-state index < -0.39 is 20.0 Å². The van der Waals surface area contributed by atoms with Gasteiger partial charge in [0.2, 0.25) is 5.91 Å². The summed E-state index contributed by atoms with van der Waals surface area (Å²) in [4.78, 5) is 40.3. The Morgan fingerprint density at radius 3 is 1.07 bits per heavy atom. The molecule has 9 nitrogen and oxygen atoms in total. The minimum atomic E-state index is -4.71. The highest BCUT2D eigenvalue weighted by atomic mass is 31.2. The average Bonchev–Trinajstić information content (AvgIpc) is 3.70. The van der Waals surface area contributed by atoms with Gasteiger partial charge >= 0.3 is 5.97 Å². The maximum atomic E-state index is 13.6. The predicted molar refractivity (Wildman–Crippen MR) is 376 cm³/mol. The molecule has 512 valence electrons. The minimum absolute atomic E-state index is 0.0206. The molecular formula is C77H147N2O7P. The second-order valence-electron chi connectivity index (χ2n) is 27.1. The summed E-state index contributed by atoms with van der Waals surface area (Å²) in [5, 5.41) is 3.06. The summed E-state index contributed by atoms with van der Waals surface area (Å²) in [7, 11) is 1.20. The first kappa shape index (κ1) is 85.0. The molecule has 3 unspecified atom stereocenters. The molecule has 0 aliphatic rings. The summed E-state index contributed by atoms with van der Waals surface area (Å²) in [5.74, 6) is -0.524. The Labute approximate surface area is 541 Å². The fourth-order valence-corrected chi connectivity index (χ4v) is 12.1. The molecule has 3 atom stereocenters. The Morgan fingerprint density at radius 2 is 0.701 bits per heavy atom. The lowest BCUT2D eigenvalue weighted by atomic mass is 10.0. The van der Waals surface area contributed by atoms with Crippen LogP contribution in [0, 0.1) is 0 Å². The number of carbonyl (C=O) groups excluding carboxylic acids is 2. The largest absolute Gasteiger partial charge is 0.756 e. The smallest absolute Gasteiger partial charge is 0.306 e. The van der Waals surface area contributed by atoms with E-state index in [2.05, 4.69) is 62.5 Å². The summed E-state index contributed by atoms with van der Waals surface area (Å²) in [6.07, 6.45) is 85.3. The number of unbranched alkanes of at least 4 members (excludes halogenated alkanes) is 48. The van der Waals surface area contributed by atoms with Crippen LogP contribution in [0.25, 0.3) is 0 Å². The number of hydrogen-bond acceptors (Lipinski definition) is 7. The Morgan fingerprint density at radius 1 is 0.402 bits per heavy atom. The first-order chi connectivity index (χ1) is 42.4. The molecule has 0 aliphatic carbocycles. The van der Waals surface area contributed by atoms with Gasteiger partial charge in [0.05, 0.1) is 33.8 Å². The van der Waals surface area contributed by atoms with Crippen LogP contribution < -0.4 is 10.2 Å². The van der Waals surface area contributed by atoms with Crippen LogP contribution in [0.3, 0.4) is 0 Å². The first-order valence-electron chi connectivity index (χ1n) is 37.9. The number of amides is 1. The molecule has 0 spiro atoms. The van der Waals surface area contributed by atoms with Gasteiger partial charge in [0.25, 0.3) is 7.82 Å². The summed E-state index contributed by atoms with van der Waals surface area (Å²) in [6.45, 7) is 6.88. The zero-order valence-electron chi connectivity index (χ0n) is 58.7.